The molecule has 0 bridgehead atoms. The van der Waals surface area contributed by atoms with Gasteiger partial charge in [-0.25, -0.2) is 0 Å². The molecule has 1 unspecified atom stereocenters. The van der Waals surface area contributed by atoms with Crippen LogP contribution in [0.2, 0.25) is 0 Å². The first-order chi connectivity index (χ1) is 15.1. The summed E-state index contributed by atoms with van der Waals surface area (Å²) in [5.41, 5.74) is 0.407. The van der Waals surface area contributed by atoms with Gasteiger partial charge in [-0.2, -0.15) is 0 Å². The summed E-state index contributed by atoms with van der Waals surface area (Å²) in [6.45, 7) is 6.83. The SMILES string of the molecule is C[C@H](CCC(=O)NCC(=O)O)[C@H]1CC[C@H]2[C@@H]3C[C@H](O)C4C[C@H](O)CC[C@]4(C)[C@H]3CC[C@]12C. The van der Waals surface area contributed by atoms with Crippen molar-refractivity contribution in [1.82, 2.24) is 5.32 Å². The summed E-state index contributed by atoms with van der Waals surface area (Å²) in [6, 6.07) is 0. The van der Waals surface area contributed by atoms with Crippen LogP contribution in [0, 0.1) is 46.3 Å². The molecule has 4 fully saturated rings. The Morgan fingerprint density at radius 2 is 1.66 bits per heavy atom. The van der Waals surface area contributed by atoms with Crippen LogP contribution in [0.3, 0.4) is 0 Å². The van der Waals surface area contributed by atoms with Crippen molar-refractivity contribution in [1.29, 1.82) is 0 Å². The average Bonchev–Trinajstić information content (AvgIpc) is 3.09. The maximum atomic E-state index is 12.0. The molecule has 0 saturated heterocycles. The highest BCUT2D eigenvalue weighted by atomic mass is 16.4. The van der Waals surface area contributed by atoms with E-state index >= 15 is 0 Å². The molecule has 4 saturated carbocycles. The van der Waals surface area contributed by atoms with Gasteiger partial charge in [-0.1, -0.05) is 20.8 Å². The summed E-state index contributed by atoms with van der Waals surface area (Å²) in [7, 11) is 0. The number of aliphatic hydroxyl groups excluding tert-OH is 2. The molecule has 0 aliphatic heterocycles. The Bertz CT molecular complexity index is 727. The highest BCUT2D eigenvalue weighted by Crippen LogP contribution is 2.68. The van der Waals surface area contributed by atoms with Gasteiger partial charge in [0.25, 0.3) is 0 Å². The van der Waals surface area contributed by atoms with Gasteiger partial charge in [-0.15, -0.1) is 0 Å². The number of nitrogens with one attached hydrogen (secondary N) is 1. The lowest BCUT2D eigenvalue weighted by Gasteiger charge is -2.62. The molecule has 0 radical (unpaired) electrons. The second kappa shape index (κ2) is 8.90. The highest BCUT2D eigenvalue weighted by molar-refractivity contribution is 5.81. The number of carboxylic acid groups (broad SMARTS) is 1. The molecule has 0 heterocycles. The number of carboxylic acids is 1. The van der Waals surface area contributed by atoms with Crippen LogP contribution < -0.4 is 5.32 Å². The molecule has 6 heteroatoms. The summed E-state index contributed by atoms with van der Waals surface area (Å²) < 4.78 is 0. The normalized spacial score (nSPS) is 46.5. The lowest BCUT2D eigenvalue weighted by Crippen LogP contribution is -2.58. The molecular formula is C26H43NO5. The van der Waals surface area contributed by atoms with Gasteiger partial charge in [0.1, 0.15) is 6.54 Å². The van der Waals surface area contributed by atoms with E-state index in [0.717, 1.165) is 32.1 Å². The molecule has 10 atom stereocenters. The van der Waals surface area contributed by atoms with Crippen molar-refractivity contribution in [2.24, 2.45) is 46.3 Å². The quantitative estimate of drug-likeness (QED) is 0.496. The van der Waals surface area contributed by atoms with E-state index in [1.165, 1.54) is 25.7 Å². The first-order valence-electron chi connectivity index (χ1n) is 12.9. The zero-order valence-corrected chi connectivity index (χ0v) is 20.1. The molecular weight excluding hydrogens is 406 g/mol. The fourth-order valence-electron chi connectivity index (χ4n) is 9.08. The largest absolute Gasteiger partial charge is 0.480 e. The third kappa shape index (κ3) is 4.11. The van der Waals surface area contributed by atoms with Gasteiger partial charge in [0.05, 0.1) is 12.2 Å². The van der Waals surface area contributed by atoms with Crippen molar-refractivity contribution >= 4 is 11.9 Å². The van der Waals surface area contributed by atoms with E-state index in [0.29, 0.717) is 36.0 Å². The van der Waals surface area contributed by atoms with Crippen LogP contribution in [-0.4, -0.2) is 45.9 Å². The number of hydrogen-bond acceptors (Lipinski definition) is 4. The maximum absolute atomic E-state index is 12.0. The Morgan fingerprint density at radius 3 is 2.38 bits per heavy atom. The third-order valence-corrected chi connectivity index (χ3v) is 10.7. The molecule has 4 aliphatic carbocycles. The number of carbonyl (C=O) groups is 2. The number of hydrogen-bond donors (Lipinski definition) is 4. The van der Waals surface area contributed by atoms with Crippen molar-refractivity contribution in [2.75, 3.05) is 6.54 Å². The molecule has 32 heavy (non-hydrogen) atoms. The number of carbonyl (C=O) groups excluding carboxylic acids is 1. The van der Waals surface area contributed by atoms with Gasteiger partial charge < -0.3 is 20.6 Å². The fourth-order valence-corrected chi connectivity index (χ4v) is 9.08. The predicted molar refractivity (Wildman–Crippen MR) is 122 cm³/mol. The molecule has 0 aromatic carbocycles. The summed E-state index contributed by atoms with van der Waals surface area (Å²) in [6.07, 6.45) is 9.03. The molecule has 0 aromatic rings. The van der Waals surface area contributed by atoms with E-state index in [-0.39, 0.29) is 41.4 Å². The Kier molecular flexibility index (Phi) is 6.68. The fraction of sp³-hybridized carbons (Fsp3) is 0.923. The molecule has 0 spiro atoms. The average molecular weight is 450 g/mol. The Morgan fingerprint density at radius 1 is 0.969 bits per heavy atom. The van der Waals surface area contributed by atoms with Crippen LogP contribution in [0.25, 0.3) is 0 Å². The van der Waals surface area contributed by atoms with E-state index in [4.69, 9.17) is 5.11 Å². The molecule has 4 rings (SSSR count). The van der Waals surface area contributed by atoms with Gasteiger partial charge in [0.15, 0.2) is 0 Å². The molecule has 4 aliphatic rings. The first kappa shape index (κ1) is 24.0. The molecule has 0 aromatic heterocycles. The lowest BCUT2D eigenvalue weighted by atomic mass is 9.44. The van der Waals surface area contributed by atoms with Crippen molar-refractivity contribution < 1.29 is 24.9 Å². The lowest BCUT2D eigenvalue weighted by molar-refractivity contribution is -0.172. The van der Waals surface area contributed by atoms with Crippen LogP contribution in [0.5, 0.6) is 0 Å². The Hall–Kier alpha value is -1.14. The molecule has 182 valence electrons. The number of aliphatic carboxylic acids is 1. The van der Waals surface area contributed by atoms with Crippen molar-refractivity contribution in [3.63, 3.8) is 0 Å². The Labute approximate surface area is 192 Å². The van der Waals surface area contributed by atoms with Crippen LogP contribution in [0.15, 0.2) is 0 Å². The zero-order chi connectivity index (χ0) is 23.3. The molecule has 6 nitrogen and oxygen atoms in total. The monoisotopic (exact) mass is 449 g/mol. The predicted octanol–water partition coefficient (Wildman–Crippen LogP) is 3.59. The second-order valence-corrected chi connectivity index (χ2v) is 12.1. The number of fused-ring (bicyclic) bond motifs is 5. The zero-order valence-electron chi connectivity index (χ0n) is 20.1. The molecule has 4 N–H and O–H groups in total. The molecule has 1 amide bonds. The number of rotatable bonds is 6. The minimum Gasteiger partial charge on any atom is -0.480 e. The second-order valence-electron chi connectivity index (χ2n) is 12.1. The van der Waals surface area contributed by atoms with E-state index < -0.39 is 5.97 Å². The van der Waals surface area contributed by atoms with Gasteiger partial charge in [-0.05, 0) is 104 Å². The van der Waals surface area contributed by atoms with E-state index in [9.17, 15) is 19.8 Å². The summed E-state index contributed by atoms with van der Waals surface area (Å²) >= 11 is 0. The summed E-state index contributed by atoms with van der Waals surface area (Å²) in [5, 5.41) is 32.6. The van der Waals surface area contributed by atoms with Gasteiger partial charge >= 0.3 is 5.97 Å². The van der Waals surface area contributed by atoms with Gasteiger partial charge in [0, 0.05) is 6.42 Å². The number of amides is 1. The van der Waals surface area contributed by atoms with Gasteiger partial charge in [0.2, 0.25) is 5.91 Å². The maximum Gasteiger partial charge on any atom is 0.322 e. The van der Waals surface area contributed by atoms with Crippen LogP contribution >= 0.6 is 0 Å². The van der Waals surface area contributed by atoms with Gasteiger partial charge in [-0.3, -0.25) is 9.59 Å². The minimum atomic E-state index is -1.01. The van der Waals surface area contributed by atoms with Crippen molar-refractivity contribution in [3.8, 4) is 0 Å². The smallest absolute Gasteiger partial charge is 0.322 e. The first-order valence-corrected chi connectivity index (χ1v) is 12.9. The van der Waals surface area contributed by atoms with Crippen LogP contribution in [0.4, 0.5) is 0 Å². The van der Waals surface area contributed by atoms with E-state index in [1.807, 2.05) is 0 Å². The van der Waals surface area contributed by atoms with E-state index in [2.05, 4.69) is 26.1 Å². The third-order valence-electron chi connectivity index (χ3n) is 10.7. The van der Waals surface area contributed by atoms with Crippen molar-refractivity contribution in [2.45, 2.75) is 97.2 Å². The topological polar surface area (TPSA) is 107 Å². The Balaban J connectivity index is 1.43. The van der Waals surface area contributed by atoms with Crippen LogP contribution in [-0.2, 0) is 9.59 Å². The van der Waals surface area contributed by atoms with Crippen LogP contribution in [0.1, 0.15) is 85.0 Å². The minimum absolute atomic E-state index is 0.148. The highest BCUT2D eigenvalue weighted by Gasteiger charge is 2.62. The van der Waals surface area contributed by atoms with Crippen molar-refractivity contribution in [3.05, 3.63) is 0 Å². The summed E-state index contributed by atoms with van der Waals surface area (Å²) in [5.74, 6) is 1.92. The number of aliphatic hydroxyl groups is 2. The van der Waals surface area contributed by atoms with E-state index in [1.54, 1.807) is 0 Å². The standard InChI is InChI=1S/C26H43NO5/c1-15(4-7-23(30)27-14-24(31)32)18-5-6-19-17-13-22(29)21-12-16(28)8-10-26(21,3)20(17)9-11-25(18,19)2/h15-22,28-29H,4-14H2,1-3H3,(H,27,30)(H,31,32)/t15-,16-,17+,18-,19+,20+,21?,22+,25-,26-/m1/s1. The summed E-state index contributed by atoms with van der Waals surface area (Å²) in [4.78, 5) is 22.7.